The zero-order valence-corrected chi connectivity index (χ0v) is 12.0. The zero-order chi connectivity index (χ0) is 14.8. The molecule has 2 aromatic heterocycles. The van der Waals surface area contributed by atoms with Crippen molar-refractivity contribution in [2.45, 2.75) is 25.5 Å². The monoisotopic (exact) mass is 293 g/mol. The zero-order valence-electron chi connectivity index (χ0n) is 11.2. The van der Waals surface area contributed by atoms with Crippen molar-refractivity contribution in [2.75, 3.05) is 4.72 Å². The number of aliphatic hydroxyl groups is 1. The number of rotatable bonds is 4. The number of aliphatic hydroxyl groups excluding tert-OH is 1. The van der Waals surface area contributed by atoms with Gasteiger partial charge in [-0.15, -0.1) is 0 Å². The van der Waals surface area contributed by atoms with Gasteiger partial charge in [-0.1, -0.05) is 6.07 Å². The van der Waals surface area contributed by atoms with E-state index < -0.39 is 10.0 Å². The van der Waals surface area contributed by atoms with Gasteiger partial charge in [-0.3, -0.25) is 9.71 Å². The molecule has 7 heteroatoms. The molecule has 0 atom stereocenters. The number of nitrogens with zero attached hydrogens (tertiary/aromatic N) is 2. The molecule has 0 unspecified atom stereocenters. The minimum absolute atomic E-state index is 0.102. The van der Waals surface area contributed by atoms with Crippen molar-refractivity contribution in [3.05, 3.63) is 47.4 Å². The number of pyridine rings is 2. The Kier molecular flexibility index (Phi) is 4.01. The molecule has 0 aromatic carbocycles. The van der Waals surface area contributed by atoms with Crippen LogP contribution in [0, 0.1) is 13.8 Å². The smallest absolute Gasteiger partial charge is 0.279 e. The Balaban J connectivity index is 2.30. The first-order chi connectivity index (χ1) is 9.42. The highest BCUT2D eigenvalue weighted by Crippen LogP contribution is 2.17. The van der Waals surface area contributed by atoms with Crippen LogP contribution in [0.25, 0.3) is 0 Å². The molecule has 0 saturated heterocycles. The number of anilines is 1. The number of hydrogen-bond acceptors (Lipinski definition) is 5. The van der Waals surface area contributed by atoms with Crippen molar-refractivity contribution >= 4 is 15.7 Å². The van der Waals surface area contributed by atoms with E-state index in [-0.39, 0.29) is 11.6 Å². The van der Waals surface area contributed by atoms with E-state index in [0.29, 0.717) is 16.9 Å². The lowest BCUT2D eigenvalue weighted by Crippen LogP contribution is -2.15. The van der Waals surface area contributed by atoms with Crippen LogP contribution in [-0.2, 0) is 16.6 Å². The molecule has 2 heterocycles. The van der Waals surface area contributed by atoms with E-state index in [1.54, 1.807) is 19.1 Å². The van der Waals surface area contributed by atoms with Crippen LogP contribution in [0.4, 0.5) is 5.69 Å². The van der Waals surface area contributed by atoms with Gasteiger partial charge in [0.1, 0.15) is 0 Å². The first-order valence-corrected chi connectivity index (χ1v) is 7.43. The van der Waals surface area contributed by atoms with E-state index in [4.69, 9.17) is 5.11 Å². The Hall–Kier alpha value is -1.99. The molecular weight excluding hydrogens is 278 g/mol. The van der Waals surface area contributed by atoms with Gasteiger partial charge < -0.3 is 5.11 Å². The maximum Gasteiger partial charge on any atom is 0.279 e. The van der Waals surface area contributed by atoms with Crippen LogP contribution in [-0.4, -0.2) is 23.5 Å². The van der Waals surface area contributed by atoms with Crippen molar-refractivity contribution in [2.24, 2.45) is 0 Å². The van der Waals surface area contributed by atoms with Gasteiger partial charge in [-0.25, -0.2) is 4.98 Å². The van der Waals surface area contributed by atoms with Crippen LogP contribution in [0.1, 0.15) is 17.0 Å². The van der Waals surface area contributed by atoms with Crippen LogP contribution in [0.2, 0.25) is 0 Å². The summed E-state index contributed by atoms with van der Waals surface area (Å²) in [4.78, 5) is 8.03. The summed E-state index contributed by atoms with van der Waals surface area (Å²) in [5, 5.41) is 8.81. The van der Waals surface area contributed by atoms with Crippen LogP contribution in [0.15, 0.2) is 35.5 Å². The van der Waals surface area contributed by atoms with Crippen molar-refractivity contribution in [1.29, 1.82) is 0 Å². The molecular formula is C13H15N3O3S. The quantitative estimate of drug-likeness (QED) is 0.888. The summed E-state index contributed by atoms with van der Waals surface area (Å²) in [6, 6.07) is 6.26. The number of aryl methyl sites for hydroxylation is 2. The summed E-state index contributed by atoms with van der Waals surface area (Å²) in [7, 11) is -3.76. The van der Waals surface area contributed by atoms with Gasteiger partial charge in [-0.05, 0) is 37.6 Å². The third kappa shape index (κ3) is 3.12. The van der Waals surface area contributed by atoms with Crippen LogP contribution < -0.4 is 4.72 Å². The van der Waals surface area contributed by atoms with Crippen molar-refractivity contribution in [3.63, 3.8) is 0 Å². The van der Waals surface area contributed by atoms with E-state index in [9.17, 15) is 8.42 Å². The highest BCUT2D eigenvalue weighted by molar-refractivity contribution is 7.92. The molecule has 0 amide bonds. The van der Waals surface area contributed by atoms with E-state index in [1.165, 1.54) is 18.3 Å². The molecule has 20 heavy (non-hydrogen) atoms. The Morgan fingerprint density at radius 1 is 1.20 bits per heavy atom. The van der Waals surface area contributed by atoms with Gasteiger partial charge >= 0.3 is 0 Å². The summed E-state index contributed by atoms with van der Waals surface area (Å²) in [6.07, 6.45) is 1.33. The largest absolute Gasteiger partial charge is 0.392 e. The molecule has 0 aliphatic carbocycles. The molecule has 2 aromatic rings. The predicted molar refractivity (Wildman–Crippen MR) is 74.7 cm³/mol. The molecule has 0 bridgehead atoms. The molecule has 2 N–H and O–H groups in total. The fourth-order valence-electron chi connectivity index (χ4n) is 1.65. The van der Waals surface area contributed by atoms with E-state index in [1.807, 2.05) is 6.92 Å². The molecule has 0 spiro atoms. The maximum absolute atomic E-state index is 12.2. The Morgan fingerprint density at radius 2 is 1.95 bits per heavy atom. The number of sulfonamides is 1. The molecule has 2 rings (SSSR count). The second kappa shape index (κ2) is 5.56. The molecule has 6 nitrogen and oxygen atoms in total. The third-order valence-electron chi connectivity index (χ3n) is 2.72. The van der Waals surface area contributed by atoms with E-state index in [0.717, 1.165) is 5.69 Å². The second-order valence-corrected chi connectivity index (χ2v) is 5.98. The summed E-state index contributed by atoms with van der Waals surface area (Å²) in [6.45, 7) is 3.38. The number of hydrogen-bond donors (Lipinski definition) is 2. The number of nitrogens with one attached hydrogen (secondary N) is 1. The first kappa shape index (κ1) is 14.4. The molecule has 0 radical (unpaired) electrons. The maximum atomic E-state index is 12.2. The average Bonchev–Trinajstić information content (AvgIpc) is 2.42. The summed E-state index contributed by atoms with van der Waals surface area (Å²) in [5.41, 5.74) is 2.39. The van der Waals surface area contributed by atoms with Crippen molar-refractivity contribution in [1.82, 2.24) is 9.97 Å². The first-order valence-electron chi connectivity index (χ1n) is 5.95. The fourth-order valence-corrected chi connectivity index (χ4v) is 2.70. The predicted octanol–water partition coefficient (Wildman–Crippen LogP) is 1.39. The number of aromatic nitrogens is 2. The lowest BCUT2D eigenvalue weighted by atomic mass is 10.3. The van der Waals surface area contributed by atoms with Gasteiger partial charge in [0, 0.05) is 11.9 Å². The molecule has 0 fully saturated rings. The van der Waals surface area contributed by atoms with Gasteiger partial charge in [0.15, 0.2) is 5.03 Å². The van der Waals surface area contributed by atoms with Gasteiger partial charge in [-0.2, -0.15) is 8.42 Å². The molecule has 0 saturated carbocycles. The third-order valence-corrected chi connectivity index (χ3v) is 4.01. The SMILES string of the molecule is Cc1ccc(NS(=O)(=O)c2ccc(CO)cn2)c(C)n1. The minimum atomic E-state index is -3.76. The minimum Gasteiger partial charge on any atom is -0.392 e. The normalized spacial score (nSPS) is 11.3. The standard InChI is InChI=1S/C13H15N3O3S/c1-9-3-5-12(10(2)15-9)16-20(18,19)13-6-4-11(8-17)7-14-13/h3-7,16-17H,8H2,1-2H3. The van der Waals surface area contributed by atoms with E-state index >= 15 is 0 Å². The highest BCUT2D eigenvalue weighted by atomic mass is 32.2. The average molecular weight is 293 g/mol. The lowest BCUT2D eigenvalue weighted by molar-refractivity contribution is 0.281. The van der Waals surface area contributed by atoms with Crippen LogP contribution in [0.5, 0.6) is 0 Å². The summed E-state index contributed by atoms with van der Waals surface area (Å²) >= 11 is 0. The van der Waals surface area contributed by atoms with Gasteiger partial charge in [0.2, 0.25) is 0 Å². The Bertz CT molecular complexity index is 712. The Morgan fingerprint density at radius 3 is 2.50 bits per heavy atom. The van der Waals surface area contributed by atoms with Crippen LogP contribution >= 0.6 is 0 Å². The Labute approximate surface area is 117 Å². The van der Waals surface area contributed by atoms with Gasteiger partial charge in [0.25, 0.3) is 10.0 Å². The summed E-state index contributed by atoms with van der Waals surface area (Å²) < 4.78 is 26.8. The van der Waals surface area contributed by atoms with Gasteiger partial charge in [0.05, 0.1) is 18.0 Å². The highest BCUT2D eigenvalue weighted by Gasteiger charge is 2.17. The second-order valence-electron chi connectivity index (χ2n) is 4.35. The molecule has 0 aliphatic rings. The molecule has 0 aliphatic heterocycles. The lowest BCUT2D eigenvalue weighted by Gasteiger charge is -2.10. The van der Waals surface area contributed by atoms with Crippen LogP contribution in [0.3, 0.4) is 0 Å². The topological polar surface area (TPSA) is 92.2 Å². The van der Waals surface area contributed by atoms with Crippen molar-refractivity contribution in [3.8, 4) is 0 Å². The fraction of sp³-hybridized carbons (Fsp3) is 0.231. The summed E-state index contributed by atoms with van der Waals surface area (Å²) in [5.74, 6) is 0. The molecule has 106 valence electrons. The van der Waals surface area contributed by atoms with E-state index in [2.05, 4.69) is 14.7 Å². The van der Waals surface area contributed by atoms with Crippen molar-refractivity contribution < 1.29 is 13.5 Å².